The maximum atomic E-state index is 12.5. The molecule has 0 bridgehead atoms. The summed E-state index contributed by atoms with van der Waals surface area (Å²) in [4.78, 5) is 18.9. The maximum Gasteiger partial charge on any atom is 0.256 e. The highest BCUT2D eigenvalue weighted by Gasteiger charge is 2.10. The minimum absolute atomic E-state index is 0.155. The number of hydrogen-bond acceptors (Lipinski definition) is 4. The van der Waals surface area contributed by atoms with Gasteiger partial charge in [0.15, 0.2) is 5.82 Å². The van der Waals surface area contributed by atoms with E-state index >= 15 is 0 Å². The summed E-state index contributed by atoms with van der Waals surface area (Å²) >= 11 is 0. The van der Waals surface area contributed by atoms with Gasteiger partial charge in [0.25, 0.3) is 5.91 Å². The number of nitrogens with zero attached hydrogens (tertiary/aromatic N) is 4. The summed E-state index contributed by atoms with van der Waals surface area (Å²) in [5, 5.41) is 7.28. The van der Waals surface area contributed by atoms with Crippen LogP contribution in [0.3, 0.4) is 0 Å². The van der Waals surface area contributed by atoms with Crippen molar-refractivity contribution in [3.8, 4) is 0 Å². The van der Waals surface area contributed by atoms with Gasteiger partial charge in [0.2, 0.25) is 0 Å². The molecule has 0 saturated heterocycles. The summed E-state index contributed by atoms with van der Waals surface area (Å²) in [7, 11) is 0. The Hall–Kier alpha value is -3.15. The van der Waals surface area contributed by atoms with Gasteiger partial charge in [0.1, 0.15) is 0 Å². The van der Waals surface area contributed by atoms with Crippen LogP contribution in [0.5, 0.6) is 0 Å². The van der Waals surface area contributed by atoms with Gasteiger partial charge < -0.3 is 10.2 Å². The lowest BCUT2D eigenvalue weighted by Crippen LogP contribution is -2.23. The summed E-state index contributed by atoms with van der Waals surface area (Å²) in [5.41, 5.74) is 2.88. The molecule has 28 heavy (non-hydrogen) atoms. The molecule has 0 spiro atoms. The SMILES string of the molecule is CCCCN(CC)c1ccc(C(=O)Nc2ccn(Cc3ccncc3)n2)cc1. The zero-order valence-corrected chi connectivity index (χ0v) is 16.5. The van der Waals surface area contributed by atoms with Crippen molar-refractivity contribution in [1.82, 2.24) is 14.8 Å². The molecule has 0 aliphatic carbocycles. The van der Waals surface area contributed by atoms with Crippen molar-refractivity contribution >= 4 is 17.4 Å². The van der Waals surface area contributed by atoms with Crippen LogP contribution in [0.4, 0.5) is 11.5 Å². The summed E-state index contributed by atoms with van der Waals surface area (Å²) in [5.74, 6) is 0.388. The Morgan fingerprint density at radius 1 is 1.07 bits per heavy atom. The normalized spacial score (nSPS) is 10.6. The molecule has 2 aromatic heterocycles. The van der Waals surface area contributed by atoms with E-state index in [0.717, 1.165) is 30.8 Å². The van der Waals surface area contributed by atoms with Gasteiger partial charge in [-0.1, -0.05) is 13.3 Å². The van der Waals surface area contributed by atoms with Gasteiger partial charge >= 0.3 is 0 Å². The topological polar surface area (TPSA) is 63.1 Å². The second-order valence-electron chi connectivity index (χ2n) is 6.69. The van der Waals surface area contributed by atoms with E-state index in [4.69, 9.17) is 0 Å². The van der Waals surface area contributed by atoms with Crippen molar-refractivity contribution < 1.29 is 4.79 Å². The van der Waals surface area contributed by atoms with Crippen LogP contribution in [0.15, 0.2) is 61.1 Å². The number of hydrogen-bond donors (Lipinski definition) is 1. The zero-order valence-electron chi connectivity index (χ0n) is 16.5. The highest BCUT2D eigenvalue weighted by Crippen LogP contribution is 2.17. The molecule has 1 aromatic carbocycles. The average Bonchev–Trinajstić information content (AvgIpc) is 3.16. The number of amides is 1. The smallest absolute Gasteiger partial charge is 0.256 e. The lowest BCUT2D eigenvalue weighted by Gasteiger charge is -2.23. The lowest BCUT2D eigenvalue weighted by molar-refractivity contribution is 0.102. The minimum Gasteiger partial charge on any atom is -0.372 e. The fraction of sp³-hybridized carbons (Fsp3) is 0.318. The molecule has 6 heteroatoms. The average molecular weight is 377 g/mol. The van der Waals surface area contributed by atoms with Crippen LogP contribution in [-0.2, 0) is 6.54 Å². The maximum absolute atomic E-state index is 12.5. The van der Waals surface area contributed by atoms with Gasteiger partial charge in [0.05, 0.1) is 6.54 Å². The molecule has 0 radical (unpaired) electrons. The number of pyridine rings is 1. The molecule has 1 N–H and O–H groups in total. The van der Waals surface area contributed by atoms with Crippen LogP contribution in [0.25, 0.3) is 0 Å². The molecule has 0 atom stereocenters. The molecular formula is C22H27N5O. The van der Waals surface area contributed by atoms with Crippen molar-refractivity contribution in [3.05, 3.63) is 72.2 Å². The zero-order chi connectivity index (χ0) is 19.8. The predicted molar refractivity (Wildman–Crippen MR) is 113 cm³/mol. The van der Waals surface area contributed by atoms with Gasteiger partial charge in [0, 0.05) is 49.0 Å². The van der Waals surface area contributed by atoms with E-state index in [1.165, 1.54) is 6.42 Å². The Balaban J connectivity index is 1.60. The first kappa shape index (κ1) is 19.6. The number of benzene rings is 1. The van der Waals surface area contributed by atoms with Crippen molar-refractivity contribution in [1.29, 1.82) is 0 Å². The molecule has 0 aliphatic rings. The van der Waals surface area contributed by atoms with E-state index in [2.05, 4.69) is 34.1 Å². The summed E-state index contributed by atoms with van der Waals surface area (Å²) in [6, 6.07) is 13.5. The fourth-order valence-corrected chi connectivity index (χ4v) is 3.02. The van der Waals surface area contributed by atoms with E-state index in [0.29, 0.717) is 17.9 Å². The molecule has 146 valence electrons. The summed E-state index contributed by atoms with van der Waals surface area (Å²) in [6.45, 7) is 6.98. The van der Waals surface area contributed by atoms with Gasteiger partial charge in [-0.2, -0.15) is 5.10 Å². The summed E-state index contributed by atoms with van der Waals surface area (Å²) in [6.07, 6.45) is 7.70. The second kappa shape index (κ2) is 9.69. The van der Waals surface area contributed by atoms with Gasteiger partial charge in [-0.3, -0.25) is 14.5 Å². The third kappa shape index (κ3) is 5.19. The second-order valence-corrected chi connectivity index (χ2v) is 6.69. The quantitative estimate of drug-likeness (QED) is 0.607. The molecule has 0 saturated carbocycles. The monoisotopic (exact) mass is 377 g/mol. The summed E-state index contributed by atoms with van der Waals surface area (Å²) < 4.78 is 1.79. The molecule has 0 aliphatic heterocycles. The lowest BCUT2D eigenvalue weighted by atomic mass is 10.1. The van der Waals surface area contributed by atoms with Gasteiger partial charge in [-0.15, -0.1) is 0 Å². The Bertz CT molecular complexity index is 873. The van der Waals surface area contributed by atoms with E-state index in [1.54, 1.807) is 23.1 Å². The van der Waals surface area contributed by atoms with E-state index < -0.39 is 0 Å². The number of anilines is 2. The van der Waals surface area contributed by atoms with Crippen molar-refractivity contribution in [2.75, 3.05) is 23.3 Å². The highest BCUT2D eigenvalue weighted by atomic mass is 16.1. The number of carbonyl (C=O) groups is 1. The Kier molecular flexibility index (Phi) is 6.78. The van der Waals surface area contributed by atoms with Crippen LogP contribution >= 0.6 is 0 Å². The van der Waals surface area contributed by atoms with Crippen LogP contribution < -0.4 is 10.2 Å². The van der Waals surface area contributed by atoms with Crippen LogP contribution in [0.2, 0.25) is 0 Å². The van der Waals surface area contributed by atoms with Crippen LogP contribution in [-0.4, -0.2) is 33.8 Å². The largest absolute Gasteiger partial charge is 0.372 e. The Labute approximate surface area is 166 Å². The van der Waals surface area contributed by atoms with Gasteiger partial charge in [-0.25, -0.2) is 0 Å². The minimum atomic E-state index is -0.155. The van der Waals surface area contributed by atoms with E-state index in [9.17, 15) is 4.79 Å². The molecule has 2 heterocycles. The van der Waals surface area contributed by atoms with Crippen molar-refractivity contribution in [3.63, 3.8) is 0 Å². The molecule has 6 nitrogen and oxygen atoms in total. The predicted octanol–water partition coefficient (Wildman–Crippen LogP) is 4.21. The van der Waals surface area contributed by atoms with Crippen LogP contribution in [0.1, 0.15) is 42.6 Å². The van der Waals surface area contributed by atoms with Gasteiger partial charge in [-0.05, 0) is 55.3 Å². The fourth-order valence-electron chi connectivity index (χ4n) is 3.02. The van der Waals surface area contributed by atoms with Crippen LogP contribution in [0, 0.1) is 0 Å². The molecule has 0 fully saturated rings. The first-order chi connectivity index (χ1) is 13.7. The number of unbranched alkanes of at least 4 members (excludes halogenated alkanes) is 1. The first-order valence-electron chi connectivity index (χ1n) is 9.78. The molecule has 0 unspecified atom stereocenters. The molecule has 3 aromatic rings. The number of carbonyl (C=O) groups excluding carboxylic acids is 1. The Morgan fingerprint density at radius 3 is 2.50 bits per heavy atom. The Morgan fingerprint density at radius 2 is 1.82 bits per heavy atom. The highest BCUT2D eigenvalue weighted by molar-refractivity contribution is 6.03. The van der Waals surface area contributed by atoms with Crippen molar-refractivity contribution in [2.24, 2.45) is 0 Å². The van der Waals surface area contributed by atoms with E-state index in [1.807, 2.05) is 42.6 Å². The molecule has 1 amide bonds. The van der Waals surface area contributed by atoms with Crippen molar-refractivity contribution in [2.45, 2.75) is 33.2 Å². The standard InChI is InChI=1S/C22H27N5O/c1-3-5-15-26(4-2)20-8-6-19(7-9-20)22(28)24-21-12-16-27(25-21)17-18-10-13-23-14-11-18/h6-14,16H,3-5,15,17H2,1-2H3,(H,24,25,28). The number of rotatable bonds is 9. The molecular weight excluding hydrogens is 350 g/mol. The third-order valence-electron chi connectivity index (χ3n) is 4.63. The van der Waals surface area contributed by atoms with E-state index in [-0.39, 0.29) is 5.91 Å². The molecule has 3 rings (SSSR count). The number of aromatic nitrogens is 3. The number of nitrogens with one attached hydrogen (secondary N) is 1. The first-order valence-corrected chi connectivity index (χ1v) is 9.78. The third-order valence-corrected chi connectivity index (χ3v) is 4.63.